The Morgan fingerprint density at radius 2 is 1.86 bits per heavy atom. The highest BCUT2D eigenvalue weighted by Gasteiger charge is 2.24. The van der Waals surface area contributed by atoms with Crippen LogP contribution in [0.3, 0.4) is 0 Å². The third-order valence-electron chi connectivity index (χ3n) is 4.90. The third kappa shape index (κ3) is 6.11. The zero-order chi connectivity index (χ0) is 21.6. The first kappa shape index (κ1) is 22.5. The van der Waals surface area contributed by atoms with Gasteiger partial charge in [0.2, 0.25) is 5.91 Å². The van der Waals surface area contributed by atoms with Crippen LogP contribution in [0.1, 0.15) is 56.7 Å². The van der Waals surface area contributed by atoms with Gasteiger partial charge in [-0.25, -0.2) is 0 Å². The minimum atomic E-state index is -0.136. The Hall–Kier alpha value is -2.76. The second-order valence-electron chi connectivity index (χ2n) is 8.05. The molecule has 1 aromatic heterocycles. The van der Waals surface area contributed by atoms with Gasteiger partial charge in [-0.15, -0.1) is 0 Å². The monoisotopic (exact) mass is 399 g/mol. The molecular formula is C23H33N3O3. The minimum absolute atomic E-state index is 0.00556. The number of anilines is 2. The average molecular weight is 400 g/mol. The maximum absolute atomic E-state index is 13.0. The van der Waals surface area contributed by atoms with Crippen LogP contribution in [0, 0.1) is 5.92 Å². The first-order valence-electron chi connectivity index (χ1n) is 10.2. The summed E-state index contributed by atoms with van der Waals surface area (Å²) in [6, 6.07) is 9.29. The Labute approximate surface area is 173 Å². The van der Waals surface area contributed by atoms with Crippen LogP contribution in [0.2, 0.25) is 0 Å². The number of hydrogen-bond donors (Lipinski definition) is 1. The van der Waals surface area contributed by atoms with Gasteiger partial charge in [0.1, 0.15) is 0 Å². The molecular weight excluding hydrogens is 366 g/mol. The Morgan fingerprint density at radius 1 is 1.14 bits per heavy atom. The molecule has 0 aliphatic carbocycles. The SMILES string of the molecule is CC[C@H](C)N(Cc1cc(NC(=O)CC(C)C)ccc1N(C)C)C(=O)c1ccco1. The summed E-state index contributed by atoms with van der Waals surface area (Å²) in [5, 5.41) is 2.97. The fourth-order valence-corrected chi connectivity index (χ4v) is 3.18. The Kier molecular flexibility index (Phi) is 7.88. The predicted octanol–water partition coefficient (Wildman–Crippen LogP) is 4.77. The average Bonchev–Trinajstić information content (AvgIpc) is 3.19. The smallest absolute Gasteiger partial charge is 0.290 e. The van der Waals surface area contributed by atoms with E-state index < -0.39 is 0 Å². The van der Waals surface area contributed by atoms with E-state index in [-0.39, 0.29) is 17.9 Å². The van der Waals surface area contributed by atoms with Gasteiger partial charge in [0, 0.05) is 44.5 Å². The highest BCUT2D eigenvalue weighted by atomic mass is 16.3. The molecule has 1 heterocycles. The number of benzene rings is 1. The van der Waals surface area contributed by atoms with Crippen molar-refractivity contribution in [3.05, 3.63) is 47.9 Å². The van der Waals surface area contributed by atoms with Crippen molar-refractivity contribution >= 4 is 23.2 Å². The standard InChI is InChI=1S/C23H33N3O3/c1-7-17(4)26(23(28)21-9-8-12-29-21)15-18-14-19(10-11-20(18)25(5)6)24-22(27)13-16(2)3/h8-12,14,16-17H,7,13,15H2,1-6H3,(H,24,27)/t17-/m0/s1. The van der Waals surface area contributed by atoms with Crippen LogP contribution >= 0.6 is 0 Å². The Balaban J connectivity index is 2.34. The van der Waals surface area contributed by atoms with Crippen LogP contribution in [0.25, 0.3) is 0 Å². The molecule has 2 rings (SSSR count). The van der Waals surface area contributed by atoms with Crippen LogP contribution in [0.5, 0.6) is 0 Å². The van der Waals surface area contributed by atoms with E-state index in [2.05, 4.69) is 12.2 Å². The molecule has 6 heteroatoms. The summed E-state index contributed by atoms with van der Waals surface area (Å²) in [4.78, 5) is 29.1. The predicted molar refractivity (Wildman–Crippen MR) is 117 cm³/mol. The van der Waals surface area contributed by atoms with Crippen molar-refractivity contribution in [3.63, 3.8) is 0 Å². The van der Waals surface area contributed by atoms with Crippen LogP contribution in [-0.4, -0.2) is 36.9 Å². The highest BCUT2D eigenvalue weighted by molar-refractivity contribution is 5.92. The summed E-state index contributed by atoms with van der Waals surface area (Å²) in [6.07, 6.45) is 2.81. The fraction of sp³-hybridized carbons (Fsp3) is 0.478. The van der Waals surface area contributed by atoms with Gasteiger partial charge in [0.15, 0.2) is 5.76 Å². The number of nitrogens with zero attached hydrogens (tertiary/aromatic N) is 2. The normalized spacial score (nSPS) is 12.0. The van der Waals surface area contributed by atoms with Crippen LogP contribution in [0.4, 0.5) is 11.4 Å². The molecule has 2 aromatic rings. The van der Waals surface area contributed by atoms with Gasteiger partial charge in [-0.2, -0.15) is 0 Å². The Bertz CT molecular complexity index is 813. The second kappa shape index (κ2) is 10.1. The molecule has 6 nitrogen and oxygen atoms in total. The van der Waals surface area contributed by atoms with Gasteiger partial charge in [-0.05, 0) is 55.2 Å². The van der Waals surface area contributed by atoms with Gasteiger partial charge in [0.05, 0.1) is 6.26 Å². The number of hydrogen-bond acceptors (Lipinski definition) is 4. The van der Waals surface area contributed by atoms with Crippen molar-refractivity contribution in [2.75, 3.05) is 24.3 Å². The fourth-order valence-electron chi connectivity index (χ4n) is 3.18. The zero-order valence-electron chi connectivity index (χ0n) is 18.4. The molecule has 0 saturated heterocycles. The lowest BCUT2D eigenvalue weighted by Gasteiger charge is -2.30. The van der Waals surface area contributed by atoms with Gasteiger partial charge < -0.3 is 19.5 Å². The lowest BCUT2D eigenvalue weighted by atomic mass is 10.1. The quantitative estimate of drug-likeness (QED) is 0.659. The number of carbonyl (C=O) groups is 2. The summed E-state index contributed by atoms with van der Waals surface area (Å²) >= 11 is 0. The second-order valence-corrected chi connectivity index (χ2v) is 8.05. The van der Waals surface area contributed by atoms with Gasteiger partial charge in [-0.3, -0.25) is 9.59 Å². The molecule has 2 amide bonds. The van der Waals surface area contributed by atoms with Crippen molar-refractivity contribution < 1.29 is 14.0 Å². The Morgan fingerprint density at radius 3 is 2.41 bits per heavy atom. The van der Waals surface area contributed by atoms with Crippen LogP contribution < -0.4 is 10.2 Å². The lowest BCUT2D eigenvalue weighted by molar-refractivity contribution is -0.116. The molecule has 0 aliphatic heterocycles. The number of furan rings is 1. The number of amides is 2. The highest BCUT2D eigenvalue weighted by Crippen LogP contribution is 2.26. The zero-order valence-corrected chi connectivity index (χ0v) is 18.4. The van der Waals surface area contributed by atoms with Crippen molar-refractivity contribution in [2.45, 2.75) is 53.1 Å². The molecule has 0 saturated carbocycles. The molecule has 0 bridgehead atoms. The summed E-state index contributed by atoms with van der Waals surface area (Å²) < 4.78 is 5.34. The van der Waals surface area contributed by atoms with E-state index in [1.54, 1.807) is 12.1 Å². The summed E-state index contributed by atoms with van der Waals surface area (Å²) in [6.45, 7) is 8.55. The minimum Gasteiger partial charge on any atom is -0.459 e. The van der Waals surface area contributed by atoms with Gasteiger partial charge in [0.25, 0.3) is 5.91 Å². The number of nitrogens with one attached hydrogen (secondary N) is 1. The molecule has 0 unspecified atom stereocenters. The first-order chi connectivity index (χ1) is 13.7. The summed E-state index contributed by atoms with van der Waals surface area (Å²) in [5.74, 6) is 0.484. The van der Waals surface area contributed by atoms with Crippen molar-refractivity contribution in [1.82, 2.24) is 4.90 Å². The van der Waals surface area contributed by atoms with Gasteiger partial charge in [-0.1, -0.05) is 20.8 Å². The summed E-state index contributed by atoms with van der Waals surface area (Å²) in [7, 11) is 3.94. The molecule has 158 valence electrons. The van der Waals surface area contributed by atoms with E-state index in [4.69, 9.17) is 4.42 Å². The van der Waals surface area contributed by atoms with E-state index in [1.807, 2.05) is 62.9 Å². The van der Waals surface area contributed by atoms with E-state index >= 15 is 0 Å². The molecule has 29 heavy (non-hydrogen) atoms. The van der Waals surface area contributed by atoms with Crippen molar-refractivity contribution in [1.29, 1.82) is 0 Å². The van der Waals surface area contributed by atoms with Crippen LogP contribution in [-0.2, 0) is 11.3 Å². The molecule has 1 aromatic carbocycles. The van der Waals surface area contributed by atoms with Crippen molar-refractivity contribution in [3.8, 4) is 0 Å². The van der Waals surface area contributed by atoms with E-state index in [1.165, 1.54) is 6.26 Å². The molecule has 0 spiro atoms. The van der Waals surface area contributed by atoms with Crippen LogP contribution in [0.15, 0.2) is 41.0 Å². The number of carbonyl (C=O) groups excluding carboxylic acids is 2. The summed E-state index contributed by atoms with van der Waals surface area (Å²) in [5.41, 5.74) is 2.72. The van der Waals surface area contributed by atoms with E-state index in [9.17, 15) is 9.59 Å². The van der Waals surface area contributed by atoms with Crippen molar-refractivity contribution in [2.24, 2.45) is 5.92 Å². The molecule has 0 aliphatic rings. The van der Waals surface area contributed by atoms with E-state index in [0.717, 1.165) is 23.4 Å². The number of rotatable bonds is 9. The topological polar surface area (TPSA) is 65.8 Å². The first-order valence-corrected chi connectivity index (χ1v) is 10.2. The largest absolute Gasteiger partial charge is 0.459 e. The maximum Gasteiger partial charge on any atom is 0.290 e. The van der Waals surface area contributed by atoms with E-state index in [0.29, 0.717) is 24.6 Å². The lowest BCUT2D eigenvalue weighted by Crippen LogP contribution is -2.38. The molecule has 1 atom stereocenters. The third-order valence-corrected chi connectivity index (χ3v) is 4.90. The molecule has 0 fully saturated rings. The maximum atomic E-state index is 13.0. The van der Waals surface area contributed by atoms with Gasteiger partial charge >= 0.3 is 0 Å². The molecule has 0 radical (unpaired) electrons. The molecule has 1 N–H and O–H groups in total.